The van der Waals surface area contributed by atoms with Crippen molar-refractivity contribution >= 4 is 50.9 Å². The highest BCUT2D eigenvalue weighted by Gasteiger charge is 2.34. The molecule has 0 spiro atoms. The van der Waals surface area contributed by atoms with Gasteiger partial charge < -0.3 is 15.8 Å². The summed E-state index contributed by atoms with van der Waals surface area (Å²) < 4.78 is 0. The molecule has 0 aliphatic carbocycles. The Morgan fingerprint density at radius 3 is 2.48 bits per heavy atom. The van der Waals surface area contributed by atoms with E-state index in [0.717, 1.165) is 5.52 Å². The number of carbonyl (C=O) groups excluding carboxylic acids is 2. The van der Waals surface area contributed by atoms with Crippen LogP contribution < -0.4 is 11.1 Å². The van der Waals surface area contributed by atoms with E-state index in [9.17, 15) is 14.7 Å². The van der Waals surface area contributed by atoms with Crippen LogP contribution in [0, 0.1) is 0 Å². The zero-order valence-corrected chi connectivity index (χ0v) is 14.5. The Kier molecular flexibility index (Phi) is 3.06. The van der Waals surface area contributed by atoms with Crippen molar-refractivity contribution in [2.45, 2.75) is 0 Å². The van der Waals surface area contributed by atoms with Crippen LogP contribution in [-0.2, 0) is 0 Å². The van der Waals surface area contributed by atoms with Crippen molar-refractivity contribution in [2.24, 2.45) is 0 Å². The maximum atomic E-state index is 12.6. The zero-order valence-electron chi connectivity index (χ0n) is 13.8. The number of nitrogen functional groups attached to an aromatic ring is 1. The number of fused-ring (bicyclic) bond motifs is 5. The number of phenols is 1. The minimum atomic E-state index is -0.486. The van der Waals surface area contributed by atoms with E-state index in [0.29, 0.717) is 38.1 Å². The first-order valence-corrected chi connectivity index (χ1v) is 8.54. The molecule has 0 saturated heterocycles. The van der Waals surface area contributed by atoms with Crippen molar-refractivity contribution in [2.75, 3.05) is 5.73 Å². The summed E-state index contributed by atoms with van der Waals surface area (Å²) in [4.78, 5) is 28.4. The van der Waals surface area contributed by atoms with Gasteiger partial charge in [-0.25, -0.2) is 0 Å². The normalized spacial score (nSPS) is 13.4. The number of imide groups is 1. The molecule has 1 aliphatic rings. The fourth-order valence-corrected chi connectivity index (χ4v) is 3.93. The summed E-state index contributed by atoms with van der Waals surface area (Å²) in [6, 6.07) is 11.6. The molecule has 0 fully saturated rings. The summed E-state index contributed by atoms with van der Waals surface area (Å²) in [6.07, 6.45) is 0. The molecule has 0 radical (unpaired) electrons. The molecule has 0 bridgehead atoms. The van der Waals surface area contributed by atoms with Gasteiger partial charge in [-0.2, -0.15) is 0 Å². The fraction of sp³-hybridized carbons (Fsp3) is 0. The first-order chi connectivity index (χ1) is 12.9. The summed E-state index contributed by atoms with van der Waals surface area (Å²) in [7, 11) is 0. The van der Waals surface area contributed by atoms with Gasteiger partial charge in [0.15, 0.2) is 0 Å². The number of rotatable bonds is 1. The van der Waals surface area contributed by atoms with E-state index >= 15 is 0 Å². The molecule has 1 aromatic heterocycles. The lowest BCUT2D eigenvalue weighted by Gasteiger charge is -2.10. The van der Waals surface area contributed by atoms with E-state index < -0.39 is 11.8 Å². The van der Waals surface area contributed by atoms with Crippen molar-refractivity contribution < 1.29 is 14.7 Å². The summed E-state index contributed by atoms with van der Waals surface area (Å²) in [6.45, 7) is 0. The molecule has 2 amide bonds. The number of aromatic amines is 1. The lowest BCUT2D eigenvalue weighted by atomic mass is 9.92. The Balaban J connectivity index is 1.99. The quantitative estimate of drug-likeness (QED) is 0.299. The number of anilines is 1. The van der Waals surface area contributed by atoms with Crippen LogP contribution >= 0.6 is 11.6 Å². The Morgan fingerprint density at radius 2 is 1.67 bits per heavy atom. The number of hydrogen-bond donors (Lipinski definition) is 4. The van der Waals surface area contributed by atoms with Crippen LogP contribution in [0.2, 0.25) is 5.02 Å². The Morgan fingerprint density at radius 1 is 0.889 bits per heavy atom. The van der Waals surface area contributed by atoms with Gasteiger partial charge in [-0.05, 0) is 48.0 Å². The molecule has 4 aromatic rings. The smallest absolute Gasteiger partial charge is 0.259 e. The van der Waals surface area contributed by atoms with Crippen LogP contribution in [0.5, 0.6) is 5.75 Å². The molecule has 2 heterocycles. The summed E-state index contributed by atoms with van der Waals surface area (Å²) in [5, 5.41) is 13.9. The molecule has 27 heavy (non-hydrogen) atoms. The molecular formula is C20H12ClN3O3. The third kappa shape index (κ3) is 2.14. The largest absolute Gasteiger partial charge is 0.508 e. The number of hydrogen-bond acceptors (Lipinski definition) is 4. The minimum absolute atomic E-state index is 0.0739. The average molecular weight is 378 g/mol. The Bertz CT molecular complexity index is 1320. The topological polar surface area (TPSA) is 108 Å². The minimum Gasteiger partial charge on any atom is -0.508 e. The number of amides is 2. The molecule has 1 aliphatic heterocycles. The molecule has 6 nitrogen and oxygen atoms in total. The highest BCUT2D eigenvalue weighted by Crippen LogP contribution is 2.41. The maximum absolute atomic E-state index is 12.6. The van der Waals surface area contributed by atoms with Crippen molar-refractivity contribution in [3.8, 4) is 16.9 Å². The van der Waals surface area contributed by atoms with E-state index in [1.807, 2.05) is 0 Å². The summed E-state index contributed by atoms with van der Waals surface area (Å²) in [5.74, 6) is -0.893. The van der Waals surface area contributed by atoms with Crippen molar-refractivity contribution in [1.29, 1.82) is 0 Å². The number of phenolic OH excluding ortho intramolecular Hbond substituents is 1. The van der Waals surface area contributed by atoms with Crippen LogP contribution in [-0.4, -0.2) is 21.9 Å². The van der Waals surface area contributed by atoms with Gasteiger partial charge in [0.1, 0.15) is 5.75 Å². The van der Waals surface area contributed by atoms with Crippen molar-refractivity contribution in [3.63, 3.8) is 0 Å². The molecule has 5 rings (SSSR count). The number of carbonyl (C=O) groups is 2. The highest BCUT2D eigenvalue weighted by atomic mass is 35.5. The number of aromatic hydroxyl groups is 1. The number of benzene rings is 3. The van der Waals surface area contributed by atoms with Crippen LogP contribution in [0.25, 0.3) is 32.9 Å². The van der Waals surface area contributed by atoms with E-state index in [-0.39, 0.29) is 16.9 Å². The number of aromatic nitrogens is 1. The van der Waals surface area contributed by atoms with Crippen LogP contribution in [0.15, 0.2) is 42.5 Å². The van der Waals surface area contributed by atoms with Gasteiger partial charge in [0.05, 0.1) is 11.1 Å². The average Bonchev–Trinajstić information content (AvgIpc) is 3.13. The monoisotopic (exact) mass is 377 g/mol. The Hall–Kier alpha value is -3.51. The second-order valence-corrected chi connectivity index (χ2v) is 6.88. The molecule has 0 saturated carbocycles. The van der Waals surface area contributed by atoms with Crippen LogP contribution in [0.4, 0.5) is 5.69 Å². The Labute approximate surface area is 157 Å². The van der Waals surface area contributed by atoms with E-state index in [1.54, 1.807) is 42.5 Å². The number of halogens is 1. The first kappa shape index (κ1) is 15.7. The van der Waals surface area contributed by atoms with Gasteiger partial charge >= 0.3 is 0 Å². The highest BCUT2D eigenvalue weighted by molar-refractivity contribution is 6.36. The second-order valence-electron chi connectivity index (χ2n) is 6.47. The van der Waals surface area contributed by atoms with Gasteiger partial charge in [0.25, 0.3) is 11.8 Å². The van der Waals surface area contributed by atoms with Crippen LogP contribution in [0.1, 0.15) is 20.7 Å². The lowest BCUT2D eigenvalue weighted by molar-refractivity contribution is 0.0880. The number of nitrogens with one attached hydrogen (secondary N) is 2. The SMILES string of the molecule is Nc1ccc(Cl)c(-c2cc3[nH]c4ccc(O)cc4c3c3c2C(=O)NC3=O)c1. The zero-order chi connectivity index (χ0) is 18.9. The number of H-pyrrole nitrogens is 1. The molecule has 0 unspecified atom stereocenters. The van der Waals surface area contributed by atoms with Crippen LogP contribution in [0.3, 0.4) is 0 Å². The van der Waals surface area contributed by atoms with Gasteiger partial charge in [-0.3, -0.25) is 14.9 Å². The third-order valence-corrected chi connectivity index (χ3v) is 5.16. The van der Waals surface area contributed by atoms with Gasteiger partial charge in [-0.15, -0.1) is 0 Å². The molecule has 3 aromatic carbocycles. The van der Waals surface area contributed by atoms with Gasteiger partial charge in [0, 0.05) is 38.1 Å². The van der Waals surface area contributed by atoms with Gasteiger partial charge in [-0.1, -0.05) is 11.6 Å². The predicted molar refractivity (Wildman–Crippen MR) is 104 cm³/mol. The standard InChI is InChI=1S/C20H12ClN3O3/c21-13-3-1-8(22)5-10(13)11-7-15-16(18-17(11)19(26)24-20(18)27)12-6-9(25)2-4-14(12)23-15/h1-7,23,25H,22H2,(H,24,26,27). The van der Waals surface area contributed by atoms with E-state index in [1.165, 1.54) is 0 Å². The molecular weight excluding hydrogens is 366 g/mol. The third-order valence-electron chi connectivity index (χ3n) is 4.83. The van der Waals surface area contributed by atoms with E-state index in [2.05, 4.69) is 10.3 Å². The summed E-state index contributed by atoms with van der Waals surface area (Å²) in [5.41, 5.74) is 9.41. The molecule has 0 atom stereocenters. The first-order valence-electron chi connectivity index (χ1n) is 8.16. The molecule has 132 valence electrons. The van der Waals surface area contributed by atoms with Crippen molar-refractivity contribution in [3.05, 3.63) is 58.6 Å². The second kappa shape index (κ2) is 5.25. The molecule has 5 N–H and O–H groups in total. The number of nitrogens with two attached hydrogens (primary N) is 1. The van der Waals surface area contributed by atoms with Gasteiger partial charge in [0.2, 0.25) is 0 Å². The summed E-state index contributed by atoms with van der Waals surface area (Å²) >= 11 is 6.35. The predicted octanol–water partition coefficient (Wildman–Crippen LogP) is 3.81. The lowest BCUT2D eigenvalue weighted by Crippen LogP contribution is -2.20. The van der Waals surface area contributed by atoms with E-state index in [4.69, 9.17) is 17.3 Å². The maximum Gasteiger partial charge on any atom is 0.259 e. The fourth-order valence-electron chi connectivity index (χ4n) is 3.71. The van der Waals surface area contributed by atoms with Crippen molar-refractivity contribution in [1.82, 2.24) is 10.3 Å². The molecule has 7 heteroatoms.